The first-order chi connectivity index (χ1) is 6.43. The Kier molecular flexibility index (Phi) is 3.38. The predicted octanol–water partition coefficient (Wildman–Crippen LogP) is 4.12. The van der Waals surface area contributed by atoms with Gasteiger partial charge in [0, 0.05) is 18.4 Å². The van der Waals surface area contributed by atoms with Crippen molar-refractivity contribution >= 4 is 11.6 Å². The largest absolute Gasteiger partial charge is 0.458 e. The van der Waals surface area contributed by atoms with Crippen LogP contribution < -0.4 is 4.74 Å². The average molecular weight is 217 g/mol. The number of rotatable bonds is 3. The topological polar surface area (TPSA) is 9.23 Å². The summed E-state index contributed by atoms with van der Waals surface area (Å²) in [5.74, 6) is -1.15. The molecule has 0 spiro atoms. The van der Waals surface area contributed by atoms with Gasteiger partial charge in [0.1, 0.15) is 5.75 Å². The summed E-state index contributed by atoms with van der Waals surface area (Å²) < 4.78 is 18.7. The maximum Gasteiger partial charge on any atom is 0.245 e. The van der Waals surface area contributed by atoms with E-state index < -0.39 is 5.85 Å². The highest BCUT2D eigenvalue weighted by Gasteiger charge is 2.22. The van der Waals surface area contributed by atoms with Crippen molar-refractivity contribution in [3.05, 3.63) is 28.8 Å². The Morgan fingerprint density at radius 2 is 2.07 bits per heavy atom. The van der Waals surface area contributed by atoms with E-state index in [-0.39, 0.29) is 0 Å². The lowest BCUT2D eigenvalue weighted by atomic mass is 10.2. The second-order valence-electron chi connectivity index (χ2n) is 3.52. The maximum absolute atomic E-state index is 13.5. The fraction of sp³-hybridized carbons (Fsp3) is 0.455. The third-order valence-electron chi connectivity index (χ3n) is 1.98. The molecule has 1 aromatic carbocycles. The SMILES string of the molecule is CCC(C)(F)Oc1cc(C)cc(Cl)c1. The Balaban J connectivity index is 2.87. The Labute approximate surface area is 88.8 Å². The molecule has 1 aromatic rings. The van der Waals surface area contributed by atoms with Crippen LogP contribution in [0.15, 0.2) is 18.2 Å². The van der Waals surface area contributed by atoms with Gasteiger partial charge in [-0.2, -0.15) is 4.39 Å². The van der Waals surface area contributed by atoms with Crippen LogP contribution in [0, 0.1) is 6.92 Å². The molecule has 0 saturated heterocycles. The molecular weight excluding hydrogens is 203 g/mol. The van der Waals surface area contributed by atoms with Gasteiger partial charge in [-0.1, -0.05) is 18.5 Å². The van der Waals surface area contributed by atoms with Crippen LogP contribution in [-0.4, -0.2) is 5.85 Å². The second-order valence-corrected chi connectivity index (χ2v) is 3.96. The monoisotopic (exact) mass is 216 g/mol. The lowest BCUT2D eigenvalue weighted by molar-refractivity contribution is -0.0471. The van der Waals surface area contributed by atoms with Crippen molar-refractivity contribution in [2.24, 2.45) is 0 Å². The third kappa shape index (κ3) is 3.18. The molecule has 0 aliphatic heterocycles. The zero-order valence-corrected chi connectivity index (χ0v) is 9.36. The van der Waals surface area contributed by atoms with Gasteiger partial charge in [0.05, 0.1) is 0 Å². The van der Waals surface area contributed by atoms with Gasteiger partial charge >= 0.3 is 0 Å². The molecule has 0 bridgehead atoms. The van der Waals surface area contributed by atoms with Gasteiger partial charge in [-0.15, -0.1) is 0 Å². The van der Waals surface area contributed by atoms with Gasteiger partial charge in [-0.25, -0.2) is 0 Å². The van der Waals surface area contributed by atoms with Crippen molar-refractivity contribution in [2.45, 2.75) is 33.0 Å². The molecule has 0 amide bonds. The molecule has 1 rings (SSSR count). The standard InChI is InChI=1S/C11H14ClFO/c1-4-11(3,13)14-10-6-8(2)5-9(12)7-10/h5-7H,4H2,1-3H3. The van der Waals surface area contributed by atoms with Crippen molar-refractivity contribution in [1.82, 2.24) is 0 Å². The van der Waals surface area contributed by atoms with E-state index in [2.05, 4.69) is 0 Å². The highest BCUT2D eigenvalue weighted by Crippen LogP contribution is 2.26. The summed E-state index contributed by atoms with van der Waals surface area (Å²) in [6.45, 7) is 5.03. The van der Waals surface area contributed by atoms with Crippen molar-refractivity contribution in [1.29, 1.82) is 0 Å². The van der Waals surface area contributed by atoms with E-state index in [0.29, 0.717) is 17.2 Å². The summed E-state index contributed by atoms with van der Waals surface area (Å²) >= 11 is 5.82. The predicted molar refractivity (Wildman–Crippen MR) is 56.6 cm³/mol. The molecule has 0 aliphatic rings. The number of benzene rings is 1. The smallest absolute Gasteiger partial charge is 0.245 e. The number of ether oxygens (including phenoxy) is 1. The van der Waals surface area contributed by atoms with Crippen LogP contribution in [0.5, 0.6) is 5.75 Å². The van der Waals surface area contributed by atoms with E-state index in [9.17, 15) is 4.39 Å². The molecule has 1 atom stereocenters. The Bertz CT molecular complexity index is 303. The zero-order chi connectivity index (χ0) is 10.8. The molecule has 0 radical (unpaired) electrons. The molecule has 14 heavy (non-hydrogen) atoms. The Morgan fingerprint density at radius 3 is 2.57 bits per heavy atom. The van der Waals surface area contributed by atoms with Gasteiger partial charge in [-0.3, -0.25) is 0 Å². The van der Waals surface area contributed by atoms with Gasteiger partial charge in [-0.05, 0) is 30.7 Å². The van der Waals surface area contributed by atoms with Crippen molar-refractivity contribution in [3.63, 3.8) is 0 Å². The summed E-state index contributed by atoms with van der Waals surface area (Å²) in [6.07, 6.45) is 0.304. The minimum absolute atomic E-state index is 0.304. The van der Waals surface area contributed by atoms with E-state index in [1.807, 2.05) is 6.92 Å². The fourth-order valence-electron chi connectivity index (χ4n) is 1.08. The molecule has 78 valence electrons. The average Bonchev–Trinajstić information content (AvgIpc) is 2.01. The van der Waals surface area contributed by atoms with Crippen LogP contribution >= 0.6 is 11.6 Å². The summed E-state index contributed by atoms with van der Waals surface area (Å²) in [6, 6.07) is 5.18. The quantitative estimate of drug-likeness (QED) is 0.739. The van der Waals surface area contributed by atoms with Gasteiger partial charge in [0.2, 0.25) is 5.85 Å². The second kappa shape index (κ2) is 4.18. The Morgan fingerprint density at radius 1 is 1.43 bits per heavy atom. The number of halogens is 2. The Hall–Kier alpha value is -0.760. The summed E-state index contributed by atoms with van der Waals surface area (Å²) in [5, 5.41) is 0.562. The fourth-order valence-corrected chi connectivity index (χ4v) is 1.36. The van der Waals surface area contributed by atoms with E-state index in [4.69, 9.17) is 16.3 Å². The molecule has 0 aromatic heterocycles. The van der Waals surface area contributed by atoms with Crippen LogP contribution in [0.3, 0.4) is 0 Å². The normalized spacial score (nSPS) is 14.9. The third-order valence-corrected chi connectivity index (χ3v) is 2.20. The summed E-state index contributed by atoms with van der Waals surface area (Å²) in [5.41, 5.74) is 0.958. The van der Waals surface area contributed by atoms with E-state index in [0.717, 1.165) is 5.56 Å². The van der Waals surface area contributed by atoms with Gasteiger partial charge < -0.3 is 4.74 Å². The summed E-state index contributed by atoms with van der Waals surface area (Å²) in [7, 11) is 0. The van der Waals surface area contributed by atoms with Crippen LogP contribution in [0.2, 0.25) is 5.02 Å². The molecule has 1 unspecified atom stereocenters. The highest BCUT2D eigenvalue weighted by molar-refractivity contribution is 6.30. The first-order valence-electron chi connectivity index (χ1n) is 4.58. The molecule has 0 aliphatic carbocycles. The van der Waals surface area contributed by atoms with E-state index in [1.165, 1.54) is 6.92 Å². The molecule has 1 nitrogen and oxygen atoms in total. The lowest BCUT2D eigenvalue weighted by Gasteiger charge is -2.20. The van der Waals surface area contributed by atoms with E-state index in [1.54, 1.807) is 25.1 Å². The minimum atomic E-state index is -1.63. The van der Waals surface area contributed by atoms with Crippen LogP contribution in [-0.2, 0) is 0 Å². The molecule has 3 heteroatoms. The van der Waals surface area contributed by atoms with Crippen LogP contribution in [0.1, 0.15) is 25.8 Å². The molecule has 0 saturated carbocycles. The van der Waals surface area contributed by atoms with Crippen molar-refractivity contribution in [3.8, 4) is 5.75 Å². The summed E-state index contributed by atoms with van der Waals surface area (Å²) in [4.78, 5) is 0. The molecular formula is C11H14ClFO. The molecule has 0 fully saturated rings. The van der Waals surface area contributed by atoms with Crippen LogP contribution in [0.4, 0.5) is 4.39 Å². The number of hydrogen-bond donors (Lipinski definition) is 0. The van der Waals surface area contributed by atoms with Crippen LogP contribution in [0.25, 0.3) is 0 Å². The zero-order valence-electron chi connectivity index (χ0n) is 8.60. The first kappa shape index (κ1) is 11.3. The molecule has 0 heterocycles. The highest BCUT2D eigenvalue weighted by atomic mass is 35.5. The maximum atomic E-state index is 13.5. The van der Waals surface area contributed by atoms with E-state index >= 15 is 0 Å². The number of aryl methyl sites for hydroxylation is 1. The van der Waals surface area contributed by atoms with Crippen molar-refractivity contribution in [2.75, 3.05) is 0 Å². The minimum Gasteiger partial charge on any atom is -0.458 e. The van der Waals surface area contributed by atoms with Crippen molar-refractivity contribution < 1.29 is 9.13 Å². The first-order valence-corrected chi connectivity index (χ1v) is 4.96. The number of alkyl halides is 1. The molecule has 0 N–H and O–H groups in total. The van der Waals surface area contributed by atoms with Gasteiger partial charge in [0.15, 0.2) is 0 Å². The number of hydrogen-bond acceptors (Lipinski definition) is 1. The van der Waals surface area contributed by atoms with Gasteiger partial charge in [0.25, 0.3) is 0 Å². The lowest BCUT2D eigenvalue weighted by Crippen LogP contribution is -2.24.